The molecule has 0 aliphatic heterocycles. The molecule has 1 aromatic heterocycles. The van der Waals surface area contributed by atoms with Crippen LogP contribution in [-0.2, 0) is 5.41 Å². The van der Waals surface area contributed by atoms with Crippen molar-refractivity contribution in [3.05, 3.63) is 49.8 Å². The van der Waals surface area contributed by atoms with E-state index in [1.54, 1.807) is 0 Å². The minimum Gasteiger partial charge on any atom is -0.306 e. The molecule has 0 aliphatic rings. The quantitative estimate of drug-likeness (QED) is 0.852. The monoisotopic (exact) mass is 334 g/mol. The lowest BCUT2D eigenvalue weighted by Gasteiger charge is -2.20. The summed E-state index contributed by atoms with van der Waals surface area (Å²) in [6.07, 6.45) is 0. The van der Waals surface area contributed by atoms with Crippen LogP contribution < -0.4 is 5.56 Å². The van der Waals surface area contributed by atoms with Crippen molar-refractivity contribution in [2.45, 2.75) is 40.0 Å². The SMILES string of the molecule is Cc1cccc(C)c1-c1nc(C(C)(C)C)c(Br)c(=O)[nH]1. The molecular formula is C16H19BrN2O. The normalized spacial score (nSPS) is 11.7. The first-order valence-corrected chi connectivity index (χ1v) is 7.38. The molecule has 1 N–H and O–H groups in total. The second kappa shape index (κ2) is 5.17. The minimum absolute atomic E-state index is 0.137. The summed E-state index contributed by atoms with van der Waals surface area (Å²) in [6.45, 7) is 10.2. The molecular weight excluding hydrogens is 316 g/mol. The highest BCUT2D eigenvalue weighted by molar-refractivity contribution is 9.10. The Bertz CT molecular complexity index is 691. The molecule has 3 nitrogen and oxygen atoms in total. The Morgan fingerprint density at radius 1 is 1.15 bits per heavy atom. The van der Waals surface area contributed by atoms with E-state index in [1.165, 1.54) is 0 Å². The standard InChI is InChI=1S/C16H19BrN2O/c1-9-7-6-8-10(2)11(9)14-18-13(16(3,4)5)12(17)15(20)19-14/h6-8H,1-5H3,(H,18,19,20). The Morgan fingerprint density at radius 3 is 2.20 bits per heavy atom. The lowest BCUT2D eigenvalue weighted by atomic mass is 9.91. The van der Waals surface area contributed by atoms with Gasteiger partial charge in [-0.1, -0.05) is 39.0 Å². The molecule has 0 spiro atoms. The van der Waals surface area contributed by atoms with Crippen molar-refractivity contribution >= 4 is 15.9 Å². The maximum Gasteiger partial charge on any atom is 0.265 e. The van der Waals surface area contributed by atoms with Crippen LogP contribution in [0.4, 0.5) is 0 Å². The predicted octanol–water partition coefficient (Wildman–Crippen LogP) is 4.11. The fourth-order valence-electron chi connectivity index (χ4n) is 2.26. The van der Waals surface area contributed by atoms with Gasteiger partial charge in [-0.05, 0) is 40.9 Å². The lowest BCUT2D eigenvalue weighted by molar-refractivity contribution is 0.562. The van der Waals surface area contributed by atoms with Crippen molar-refractivity contribution in [1.29, 1.82) is 0 Å². The molecule has 1 aromatic carbocycles. The molecule has 0 saturated carbocycles. The Labute approximate surface area is 127 Å². The molecule has 0 saturated heterocycles. The number of halogens is 1. The Balaban J connectivity index is 2.78. The summed E-state index contributed by atoms with van der Waals surface area (Å²) in [5, 5.41) is 0. The number of H-pyrrole nitrogens is 1. The summed E-state index contributed by atoms with van der Waals surface area (Å²) in [4.78, 5) is 19.7. The third-order valence-corrected chi connectivity index (χ3v) is 4.03. The number of nitrogens with zero attached hydrogens (tertiary/aromatic N) is 1. The highest BCUT2D eigenvalue weighted by Gasteiger charge is 2.23. The lowest BCUT2D eigenvalue weighted by Crippen LogP contribution is -2.22. The van der Waals surface area contributed by atoms with Gasteiger partial charge in [-0.25, -0.2) is 4.98 Å². The van der Waals surface area contributed by atoms with Crippen molar-refractivity contribution in [3.63, 3.8) is 0 Å². The van der Waals surface area contributed by atoms with E-state index < -0.39 is 0 Å². The van der Waals surface area contributed by atoms with E-state index in [4.69, 9.17) is 4.98 Å². The molecule has 0 fully saturated rings. The largest absolute Gasteiger partial charge is 0.306 e. The summed E-state index contributed by atoms with van der Waals surface area (Å²) in [7, 11) is 0. The van der Waals surface area contributed by atoms with E-state index in [9.17, 15) is 4.79 Å². The van der Waals surface area contributed by atoms with E-state index in [0.29, 0.717) is 10.3 Å². The van der Waals surface area contributed by atoms with Crippen molar-refractivity contribution in [3.8, 4) is 11.4 Å². The van der Waals surface area contributed by atoms with Gasteiger partial charge in [0.2, 0.25) is 0 Å². The molecule has 0 amide bonds. The van der Waals surface area contributed by atoms with E-state index in [2.05, 4.69) is 20.9 Å². The van der Waals surface area contributed by atoms with Crippen molar-refractivity contribution in [2.75, 3.05) is 0 Å². The molecule has 0 aliphatic carbocycles. The fourth-order valence-corrected chi connectivity index (χ4v) is 3.04. The predicted molar refractivity (Wildman–Crippen MR) is 86.2 cm³/mol. The first-order chi connectivity index (χ1) is 9.21. The molecule has 106 valence electrons. The fraction of sp³-hybridized carbons (Fsp3) is 0.375. The second-order valence-electron chi connectivity index (χ2n) is 6.09. The van der Waals surface area contributed by atoms with Gasteiger partial charge in [0, 0.05) is 11.0 Å². The third kappa shape index (κ3) is 2.70. The highest BCUT2D eigenvalue weighted by atomic mass is 79.9. The molecule has 20 heavy (non-hydrogen) atoms. The van der Waals surface area contributed by atoms with Crippen molar-refractivity contribution < 1.29 is 0 Å². The number of aromatic amines is 1. The van der Waals surface area contributed by atoms with Gasteiger partial charge in [0.15, 0.2) is 0 Å². The zero-order valence-electron chi connectivity index (χ0n) is 12.5. The smallest absolute Gasteiger partial charge is 0.265 e. The summed E-state index contributed by atoms with van der Waals surface area (Å²) in [6, 6.07) is 6.07. The number of aryl methyl sites for hydroxylation is 2. The van der Waals surface area contributed by atoms with Crippen molar-refractivity contribution in [2.24, 2.45) is 0 Å². The average molecular weight is 335 g/mol. The van der Waals surface area contributed by atoms with Crippen LogP contribution in [0, 0.1) is 13.8 Å². The maximum absolute atomic E-state index is 12.2. The summed E-state index contributed by atoms with van der Waals surface area (Å²) in [5.74, 6) is 0.638. The van der Waals surface area contributed by atoms with E-state index in [1.807, 2.05) is 52.8 Å². The van der Waals surface area contributed by atoms with E-state index in [0.717, 1.165) is 22.4 Å². The average Bonchev–Trinajstić information content (AvgIpc) is 2.31. The van der Waals surface area contributed by atoms with Gasteiger partial charge in [-0.2, -0.15) is 0 Å². The second-order valence-corrected chi connectivity index (χ2v) is 6.89. The van der Waals surface area contributed by atoms with Crippen LogP contribution in [0.2, 0.25) is 0 Å². The number of benzene rings is 1. The number of nitrogens with one attached hydrogen (secondary N) is 1. The molecule has 0 radical (unpaired) electrons. The van der Waals surface area contributed by atoms with E-state index in [-0.39, 0.29) is 11.0 Å². The molecule has 0 bridgehead atoms. The minimum atomic E-state index is -0.196. The van der Waals surface area contributed by atoms with Gasteiger partial charge < -0.3 is 4.98 Å². The number of hydrogen-bond donors (Lipinski definition) is 1. The Morgan fingerprint density at radius 2 is 1.70 bits per heavy atom. The van der Waals surface area contributed by atoms with Crippen LogP contribution in [0.15, 0.2) is 27.5 Å². The van der Waals surface area contributed by atoms with Crippen molar-refractivity contribution in [1.82, 2.24) is 9.97 Å². The number of hydrogen-bond acceptors (Lipinski definition) is 2. The van der Waals surface area contributed by atoms with Gasteiger partial charge in [0.25, 0.3) is 5.56 Å². The first-order valence-electron chi connectivity index (χ1n) is 6.58. The number of aromatic nitrogens is 2. The zero-order chi connectivity index (χ0) is 15.1. The zero-order valence-corrected chi connectivity index (χ0v) is 14.1. The van der Waals surface area contributed by atoms with Crippen LogP contribution in [0.5, 0.6) is 0 Å². The van der Waals surface area contributed by atoms with Crippen LogP contribution in [-0.4, -0.2) is 9.97 Å². The topological polar surface area (TPSA) is 45.8 Å². The van der Waals surface area contributed by atoms with Gasteiger partial charge >= 0.3 is 0 Å². The first kappa shape index (κ1) is 15.0. The summed E-state index contributed by atoms with van der Waals surface area (Å²) in [5.41, 5.74) is 3.66. The summed E-state index contributed by atoms with van der Waals surface area (Å²) < 4.78 is 0.514. The highest BCUT2D eigenvalue weighted by Crippen LogP contribution is 2.29. The molecule has 0 atom stereocenters. The summed E-state index contributed by atoms with van der Waals surface area (Å²) >= 11 is 3.35. The number of rotatable bonds is 1. The van der Waals surface area contributed by atoms with Crippen LogP contribution in [0.3, 0.4) is 0 Å². The van der Waals surface area contributed by atoms with Gasteiger partial charge in [-0.3, -0.25) is 4.79 Å². The van der Waals surface area contributed by atoms with Crippen LogP contribution in [0.25, 0.3) is 11.4 Å². The van der Waals surface area contributed by atoms with Gasteiger partial charge in [0.1, 0.15) is 10.3 Å². The molecule has 2 aromatic rings. The maximum atomic E-state index is 12.2. The molecule has 2 rings (SSSR count). The Kier molecular flexibility index (Phi) is 3.87. The molecule has 4 heteroatoms. The Hall–Kier alpha value is -1.42. The molecule has 1 heterocycles. The third-order valence-electron chi connectivity index (χ3n) is 3.29. The van der Waals surface area contributed by atoms with Crippen LogP contribution >= 0.6 is 15.9 Å². The van der Waals surface area contributed by atoms with Gasteiger partial charge in [-0.15, -0.1) is 0 Å². The van der Waals surface area contributed by atoms with Gasteiger partial charge in [0.05, 0.1) is 5.69 Å². The van der Waals surface area contributed by atoms with E-state index >= 15 is 0 Å². The molecule has 0 unspecified atom stereocenters. The van der Waals surface area contributed by atoms with Crippen LogP contribution in [0.1, 0.15) is 37.6 Å².